The Hall–Kier alpha value is -2.37. The number of amides is 2. The maximum Gasteiger partial charge on any atom is 0.258 e. The molecule has 6 heteroatoms. The smallest absolute Gasteiger partial charge is 0.258 e. The summed E-state index contributed by atoms with van der Waals surface area (Å²) in [5.74, 6) is -0.586. The second-order valence-corrected chi connectivity index (χ2v) is 5.42. The summed E-state index contributed by atoms with van der Waals surface area (Å²) in [6.45, 7) is 0. The van der Waals surface area contributed by atoms with E-state index in [1.807, 2.05) is 30.3 Å². The highest BCUT2D eigenvalue weighted by Crippen LogP contribution is 2.20. The monoisotopic (exact) mass is 315 g/mol. The number of rotatable bonds is 3. The van der Waals surface area contributed by atoms with Gasteiger partial charge in [-0.2, -0.15) is 0 Å². The number of halogens is 1. The molecule has 0 aromatic heterocycles. The van der Waals surface area contributed by atoms with Crippen LogP contribution < -0.4 is 16.2 Å². The molecule has 1 aliphatic rings. The van der Waals surface area contributed by atoms with Crippen LogP contribution in [0.3, 0.4) is 0 Å². The van der Waals surface area contributed by atoms with Gasteiger partial charge in [0.2, 0.25) is 0 Å². The van der Waals surface area contributed by atoms with Gasteiger partial charge in [-0.15, -0.1) is 0 Å². The van der Waals surface area contributed by atoms with Crippen LogP contribution in [0.5, 0.6) is 0 Å². The lowest BCUT2D eigenvalue weighted by molar-refractivity contribution is -0.121. The molecule has 2 atom stereocenters. The van der Waals surface area contributed by atoms with Crippen LogP contribution in [0.25, 0.3) is 0 Å². The fourth-order valence-electron chi connectivity index (χ4n) is 2.37. The Balaban J connectivity index is 1.78. The van der Waals surface area contributed by atoms with Crippen LogP contribution in [0.4, 0.5) is 0 Å². The van der Waals surface area contributed by atoms with Crippen LogP contribution in [0, 0.1) is 0 Å². The maximum absolute atomic E-state index is 12.3. The van der Waals surface area contributed by atoms with Crippen LogP contribution in [0.15, 0.2) is 54.6 Å². The summed E-state index contributed by atoms with van der Waals surface area (Å²) in [7, 11) is 0. The van der Waals surface area contributed by atoms with Crippen molar-refractivity contribution < 1.29 is 9.59 Å². The summed E-state index contributed by atoms with van der Waals surface area (Å²) in [6, 6.07) is 15.0. The van der Waals surface area contributed by atoms with Gasteiger partial charge in [0.05, 0.1) is 6.04 Å². The van der Waals surface area contributed by atoms with E-state index >= 15 is 0 Å². The molecule has 5 nitrogen and oxygen atoms in total. The van der Waals surface area contributed by atoms with Crippen LogP contribution in [0.2, 0.25) is 5.02 Å². The fourth-order valence-corrected chi connectivity index (χ4v) is 2.50. The van der Waals surface area contributed by atoms with Crippen molar-refractivity contribution in [2.24, 2.45) is 0 Å². The number of hydrogen-bond acceptors (Lipinski definition) is 3. The maximum atomic E-state index is 12.3. The molecular weight excluding hydrogens is 302 g/mol. The second kappa shape index (κ2) is 6.17. The summed E-state index contributed by atoms with van der Waals surface area (Å²) in [5, 5.41) is 3.31. The predicted molar refractivity (Wildman–Crippen MR) is 83.2 cm³/mol. The predicted octanol–water partition coefficient (Wildman–Crippen LogP) is 1.81. The number of nitrogens with one attached hydrogen (secondary N) is 3. The van der Waals surface area contributed by atoms with Crippen molar-refractivity contribution in [3.05, 3.63) is 70.7 Å². The van der Waals surface area contributed by atoms with Gasteiger partial charge in [-0.1, -0.05) is 41.9 Å². The first-order valence-corrected chi connectivity index (χ1v) is 7.20. The molecule has 0 bridgehead atoms. The van der Waals surface area contributed by atoms with Gasteiger partial charge in [-0.3, -0.25) is 15.0 Å². The van der Waals surface area contributed by atoms with Crippen molar-refractivity contribution >= 4 is 23.4 Å². The molecule has 1 fully saturated rings. The van der Waals surface area contributed by atoms with E-state index in [-0.39, 0.29) is 17.9 Å². The van der Waals surface area contributed by atoms with Gasteiger partial charge in [-0.25, -0.2) is 5.43 Å². The molecule has 2 aromatic rings. The van der Waals surface area contributed by atoms with E-state index in [1.54, 1.807) is 24.3 Å². The molecule has 1 aliphatic heterocycles. The van der Waals surface area contributed by atoms with E-state index in [4.69, 9.17) is 11.6 Å². The number of carbonyl (C=O) groups excluding carboxylic acids is 2. The quantitative estimate of drug-likeness (QED) is 0.809. The number of hydrazine groups is 1. The number of carbonyl (C=O) groups is 2. The van der Waals surface area contributed by atoms with Crippen molar-refractivity contribution in [3.8, 4) is 0 Å². The van der Waals surface area contributed by atoms with E-state index in [0.717, 1.165) is 5.56 Å². The van der Waals surface area contributed by atoms with E-state index in [0.29, 0.717) is 10.6 Å². The van der Waals surface area contributed by atoms with Gasteiger partial charge >= 0.3 is 0 Å². The molecule has 0 radical (unpaired) electrons. The van der Waals surface area contributed by atoms with Gasteiger partial charge in [-0.05, 0) is 29.8 Å². The SMILES string of the molecule is O=C(N[C@H]1C(=O)NN[C@@H]1c1ccccc1)c1ccc(Cl)cc1. The van der Waals surface area contributed by atoms with Gasteiger partial charge in [0.25, 0.3) is 11.8 Å². The molecule has 2 amide bonds. The lowest BCUT2D eigenvalue weighted by Crippen LogP contribution is -2.42. The highest BCUT2D eigenvalue weighted by Gasteiger charge is 2.36. The molecule has 3 N–H and O–H groups in total. The lowest BCUT2D eigenvalue weighted by atomic mass is 10.0. The van der Waals surface area contributed by atoms with Crippen LogP contribution >= 0.6 is 11.6 Å². The molecule has 1 heterocycles. The van der Waals surface area contributed by atoms with Crippen LogP contribution in [-0.4, -0.2) is 17.9 Å². The topological polar surface area (TPSA) is 70.2 Å². The molecule has 2 aromatic carbocycles. The average molecular weight is 316 g/mol. The summed E-state index contributed by atoms with van der Waals surface area (Å²) in [6.07, 6.45) is 0. The third-order valence-electron chi connectivity index (χ3n) is 3.52. The van der Waals surface area contributed by atoms with Crippen molar-refractivity contribution in [1.82, 2.24) is 16.2 Å². The lowest BCUT2D eigenvalue weighted by Gasteiger charge is -2.18. The van der Waals surface area contributed by atoms with Gasteiger partial charge in [0.1, 0.15) is 6.04 Å². The Morgan fingerprint density at radius 3 is 2.41 bits per heavy atom. The zero-order chi connectivity index (χ0) is 15.5. The Kier molecular flexibility index (Phi) is 4.09. The van der Waals surface area contributed by atoms with Crippen molar-refractivity contribution in [3.63, 3.8) is 0 Å². The van der Waals surface area contributed by atoms with E-state index in [9.17, 15) is 9.59 Å². The number of benzene rings is 2. The first-order valence-electron chi connectivity index (χ1n) is 6.82. The van der Waals surface area contributed by atoms with Gasteiger partial charge < -0.3 is 5.32 Å². The standard InChI is InChI=1S/C16H14ClN3O2/c17-12-8-6-11(7-9-12)15(21)18-14-13(19-20-16(14)22)10-4-2-1-3-5-10/h1-9,13-14,19H,(H,18,21)(H,20,22)/t13-,14-/m1/s1. The van der Waals surface area contributed by atoms with Crippen LogP contribution in [0.1, 0.15) is 22.0 Å². The first kappa shape index (κ1) is 14.6. The van der Waals surface area contributed by atoms with Crippen molar-refractivity contribution in [2.75, 3.05) is 0 Å². The highest BCUT2D eigenvalue weighted by molar-refractivity contribution is 6.30. The molecular formula is C16H14ClN3O2. The third kappa shape index (κ3) is 2.95. The van der Waals surface area contributed by atoms with Crippen LogP contribution in [-0.2, 0) is 4.79 Å². The first-order chi connectivity index (χ1) is 10.6. The largest absolute Gasteiger partial charge is 0.338 e. The molecule has 112 valence electrons. The zero-order valence-corrected chi connectivity index (χ0v) is 12.3. The minimum absolute atomic E-state index is 0.267. The Morgan fingerprint density at radius 2 is 1.73 bits per heavy atom. The summed E-state index contributed by atoms with van der Waals surface area (Å²) in [5.41, 5.74) is 6.84. The Bertz CT molecular complexity index is 688. The molecule has 1 saturated heterocycles. The van der Waals surface area contributed by atoms with Crippen molar-refractivity contribution in [2.45, 2.75) is 12.1 Å². The fraction of sp³-hybridized carbons (Fsp3) is 0.125. The third-order valence-corrected chi connectivity index (χ3v) is 3.77. The molecule has 0 spiro atoms. The van der Waals surface area contributed by atoms with Gasteiger partial charge in [0, 0.05) is 10.6 Å². The Labute approximate surface area is 132 Å². The van der Waals surface area contributed by atoms with E-state index in [2.05, 4.69) is 16.2 Å². The molecule has 0 saturated carbocycles. The molecule has 0 aliphatic carbocycles. The van der Waals surface area contributed by atoms with Gasteiger partial charge in [0.15, 0.2) is 0 Å². The second-order valence-electron chi connectivity index (χ2n) is 4.98. The molecule has 0 unspecified atom stereocenters. The highest BCUT2D eigenvalue weighted by atomic mass is 35.5. The number of hydrogen-bond donors (Lipinski definition) is 3. The average Bonchev–Trinajstić information content (AvgIpc) is 2.90. The molecule has 3 rings (SSSR count). The summed E-state index contributed by atoms with van der Waals surface area (Å²) in [4.78, 5) is 24.2. The summed E-state index contributed by atoms with van der Waals surface area (Å²) < 4.78 is 0. The van der Waals surface area contributed by atoms with E-state index < -0.39 is 6.04 Å². The summed E-state index contributed by atoms with van der Waals surface area (Å²) >= 11 is 5.81. The normalized spacial score (nSPS) is 20.5. The molecule has 22 heavy (non-hydrogen) atoms. The van der Waals surface area contributed by atoms with Crippen molar-refractivity contribution in [1.29, 1.82) is 0 Å². The minimum atomic E-state index is -0.675. The minimum Gasteiger partial charge on any atom is -0.338 e. The zero-order valence-electron chi connectivity index (χ0n) is 11.5. The van der Waals surface area contributed by atoms with E-state index in [1.165, 1.54) is 0 Å². The Morgan fingerprint density at radius 1 is 1.05 bits per heavy atom.